The lowest BCUT2D eigenvalue weighted by atomic mass is 10.1. The molecule has 7 nitrogen and oxygen atoms in total. The van der Waals surface area contributed by atoms with Crippen molar-refractivity contribution < 1.29 is 4.39 Å². The van der Waals surface area contributed by atoms with Crippen LogP contribution < -0.4 is 11.1 Å². The zero-order valence-electron chi connectivity index (χ0n) is 14.8. The Balaban J connectivity index is 1.66. The molecule has 3 N–H and O–H groups in total. The molecule has 4 rings (SSSR count). The maximum absolute atomic E-state index is 13.8. The van der Waals surface area contributed by atoms with Gasteiger partial charge in [-0.25, -0.2) is 19.3 Å². The third-order valence-corrected chi connectivity index (χ3v) is 4.34. The Morgan fingerprint density at radius 3 is 2.75 bits per heavy atom. The Kier molecular flexibility index (Phi) is 4.56. The summed E-state index contributed by atoms with van der Waals surface area (Å²) in [5.41, 5.74) is 9.18. The maximum Gasteiger partial charge on any atom is 0.149 e. The van der Waals surface area contributed by atoms with Crippen molar-refractivity contribution in [3.05, 3.63) is 72.1 Å². The van der Waals surface area contributed by atoms with Gasteiger partial charge in [-0.1, -0.05) is 30.3 Å². The zero-order chi connectivity index (χ0) is 19.5. The molecule has 0 amide bonds. The topological polar surface area (TPSA) is 105 Å². The average Bonchev–Trinajstić information content (AvgIpc) is 3.06. The molecule has 4 aromatic rings. The van der Waals surface area contributed by atoms with E-state index in [9.17, 15) is 9.65 Å². The second kappa shape index (κ2) is 7.32. The van der Waals surface area contributed by atoms with E-state index in [1.807, 2.05) is 36.4 Å². The lowest BCUT2D eigenvalue weighted by Crippen LogP contribution is -2.10. The highest BCUT2D eigenvalue weighted by Crippen LogP contribution is 2.26. The van der Waals surface area contributed by atoms with Crippen LogP contribution in [0.25, 0.3) is 16.9 Å². The highest BCUT2D eigenvalue weighted by molar-refractivity contribution is 5.67. The molecule has 0 fully saturated rings. The molecule has 0 unspecified atom stereocenters. The summed E-state index contributed by atoms with van der Waals surface area (Å²) in [6, 6.07) is 14.8. The van der Waals surface area contributed by atoms with Crippen molar-refractivity contribution in [3.8, 4) is 17.3 Å². The van der Waals surface area contributed by atoms with Gasteiger partial charge in [-0.3, -0.25) is 4.40 Å². The first-order valence-corrected chi connectivity index (χ1v) is 8.63. The van der Waals surface area contributed by atoms with Gasteiger partial charge in [-0.2, -0.15) is 5.26 Å². The van der Waals surface area contributed by atoms with E-state index in [1.165, 1.54) is 18.6 Å². The van der Waals surface area contributed by atoms with Crippen molar-refractivity contribution in [2.45, 2.75) is 6.42 Å². The molecule has 0 aliphatic carbocycles. The normalized spacial score (nSPS) is 10.7. The van der Waals surface area contributed by atoms with Crippen molar-refractivity contribution in [1.29, 1.82) is 5.26 Å². The lowest BCUT2D eigenvalue weighted by Gasteiger charge is -2.09. The smallest absolute Gasteiger partial charge is 0.149 e. The fraction of sp³-hybridized carbons (Fsp3) is 0.100. The summed E-state index contributed by atoms with van der Waals surface area (Å²) in [5.74, 6) is 0.182. The van der Waals surface area contributed by atoms with Crippen molar-refractivity contribution in [1.82, 2.24) is 19.4 Å². The molecule has 3 aromatic heterocycles. The number of rotatable bonds is 5. The van der Waals surface area contributed by atoms with E-state index in [2.05, 4.69) is 20.3 Å². The fourth-order valence-corrected chi connectivity index (χ4v) is 3.09. The van der Waals surface area contributed by atoms with Gasteiger partial charge < -0.3 is 11.1 Å². The molecule has 0 bridgehead atoms. The SMILES string of the molecule is N#Cc1c(N)ncnc1NCCc1nc2ccc(F)cn2c1-c1ccccc1. The summed E-state index contributed by atoms with van der Waals surface area (Å²) >= 11 is 0. The van der Waals surface area contributed by atoms with E-state index in [-0.39, 0.29) is 17.2 Å². The van der Waals surface area contributed by atoms with Crippen LogP contribution in [-0.2, 0) is 6.42 Å². The average molecular weight is 373 g/mol. The highest BCUT2D eigenvalue weighted by Gasteiger charge is 2.15. The Morgan fingerprint density at radius 2 is 1.96 bits per heavy atom. The number of aromatic nitrogens is 4. The number of benzene rings is 1. The van der Waals surface area contributed by atoms with Crippen molar-refractivity contribution >= 4 is 17.3 Å². The standard InChI is InChI=1S/C20H16FN7/c21-14-6-7-17-27-16(18(28(17)11-14)13-4-2-1-3-5-13)8-9-24-20-15(10-22)19(23)25-12-26-20/h1-7,11-12H,8-9H2,(H3,23,24,25,26). The van der Waals surface area contributed by atoms with Gasteiger partial charge in [0, 0.05) is 24.7 Å². The van der Waals surface area contributed by atoms with Gasteiger partial charge in [0.05, 0.1) is 11.4 Å². The molecule has 1 aromatic carbocycles. The first-order chi connectivity index (χ1) is 13.7. The number of nitrogens with two attached hydrogens (primary N) is 1. The summed E-state index contributed by atoms with van der Waals surface area (Å²) in [5, 5.41) is 12.3. The second-order valence-corrected chi connectivity index (χ2v) is 6.12. The monoisotopic (exact) mass is 373 g/mol. The first kappa shape index (κ1) is 17.4. The van der Waals surface area contributed by atoms with E-state index in [4.69, 9.17) is 5.73 Å². The zero-order valence-corrected chi connectivity index (χ0v) is 14.8. The first-order valence-electron chi connectivity index (χ1n) is 8.63. The highest BCUT2D eigenvalue weighted by atomic mass is 19.1. The van der Waals surface area contributed by atoms with Crippen LogP contribution in [0.2, 0.25) is 0 Å². The van der Waals surface area contributed by atoms with Gasteiger partial charge in [0.25, 0.3) is 0 Å². The molecule has 0 spiro atoms. The molecule has 0 atom stereocenters. The molecule has 0 radical (unpaired) electrons. The fourth-order valence-electron chi connectivity index (χ4n) is 3.09. The van der Waals surface area contributed by atoms with E-state index in [0.717, 1.165) is 17.0 Å². The Morgan fingerprint density at radius 1 is 1.14 bits per heavy atom. The summed E-state index contributed by atoms with van der Waals surface area (Å²) in [4.78, 5) is 12.6. The number of halogens is 1. The number of hydrogen-bond donors (Lipinski definition) is 2. The molecular weight excluding hydrogens is 357 g/mol. The van der Waals surface area contributed by atoms with Crippen LogP contribution in [-0.4, -0.2) is 25.9 Å². The van der Waals surface area contributed by atoms with Crippen molar-refractivity contribution in [3.63, 3.8) is 0 Å². The molecular formula is C20H16FN7. The van der Waals surface area contributed by atoms with Gasteiger partial charge >= 0.3 is 0 Å². The van der Waals surface area contributed by atoms with Crippen molar-refractivity contribution in [2.75, 3.05) is 17.6 Å². The molecule has 0 saturated carbocycles. The number of hydrogen-bond acceptors (Lipinski definition) is 6. The third-order valence-electron chi connectivity index (χ3n) is 4.34. The summed E-state index contributed by atoms with van der Waals surface area (Å²) in [6.07, 6.45) is 3.28. The predicted molar refractivity (Wildman–Crippen MR) is 104 cm³/mol. The lowest BCUT2D eigenvalue weighted by molar-refractivity contribution is 0.619. The van der Waals surface area contributed by atoms with Crippen LogP contribution in [0.4, 0.5) is 16.0 Å². The number of nitrogen functional groups attached to an aromatic ring is 1. The number of nitriles is 1. The number of nitrogens with one attached hydrogen (secondary N) is 1. The number of pyridine rings is 1. The van der Waals surface area contributed by atoms with Crippen LogP contribution in [0.5, 0.6) is 0 Å². The Bertz CT molecular complexity index is 1180. The van der Waals surface area contributed by atoms with Crippen LogP contribution in [0, 0.1) is 17.1 Å². The quantitative estimate of drug-likeness (QED) is 0.557. The van der Waals surface area contributed by atoms with Crippen LogP contribution in [0.15, 0.2) is 55.0 Å². The minimum Gasteiger partial charge on any atom is -0.382 e. The second-order valence-electron chi connectivity index (χ2n) is 6.12. The van der Waals surface area contributed by atoms with E-state index < -0.39 is 0 Å². The molecule has 0 aliphatic heterocycles. The molecule has 28 heavy (non-hydrogen) atoms. The maximum atomic E-state index is 13.8. The minimum absolute atomic E-state index is 0.133. The Hall–Kier alpha value is -3.99. The van der Waals surface area contributed by atoms with Gasteiger partial charge in [-0.05, 0) is 12.1 Å². The van der Waals surface area contributed by atoms with E-state index in [1.54, 1.807) is 10.5 Å². The molecule has 8 heteroatoms. The molecule has 0 aliphatic rings. The summed E-state index contributed by atoms with van der Waals surface area (Å²) in [7, 11) is 0. The number of anilines is 2. The molecule has 3 heterocycles. The largest absolute Gasteiger partial charge is 0.382 e. The molecule has 138 valence electrons. The van der Waals surface area contributed by atoms with Crippen LogP contribution in [0.1, 0.15) is 11.3 Å². The van der Waals surface area contributed by atoms with E-state index >= 15 is 0 Å². The number of imidazole rings is 1. The number of nitrogens with zero attached hydrogens (tertiary/aromatic N) is 5. The minimum atomic E-state index is -0.332. The Labute approximate surface area is 160 Å². The summed E-state index contributed by atoms with van der Waals surface area (Å²) < 4.78 is 15.6. The van der Waals surface area contributed by atoms with Gasteiger partial charge in [0.1, 0.15) is 41.1 Å². The van der Waals surface area contributed by atoms with E-state index in [0.29, 0.717) is 24.4 Å². The molecule has 0 saturated heterocycles. The third kappa shape index (κ3) is 3.21. The number of fused-ring (bicyclic) bond motifs is 1. The van der Waals surface area contributed by atoms with Crippen LogP contribution in [0.3, 0.4) is 0 Å². The van der Waals surface area contributed by atoms with Crippen LogP contribution >= 0.6 is 0 Å². The van der Waals surface area contributed by atoms with Gasteiger partial charge in [-0.15, -0.1) is 0 Å². The van der Waals surface area contributed by atoms with Gasteiger partial charge in [0.2, 0.25) is 0 Å². The van der Waals surface area contributed by atoms with Gasteiger partial charge in [0.15, 0.2) is 0 Å². The predicted octanol–water partition coefficient (Wildman–Crippen LogP) is 3.04. The summed E-state index contributed by atoms with van der Waals surface area (Å²) in [6.45, 7) is 0.470. The van der Waals surface area contributed by atoms with Crippen molar-refractivity contribution in [2.24, 2.45) is 0 Å².